The number of rotatable bonds is 3. The van der Waals surface area contributed by atoms with Crippen molar-refractivity contribution in [2.75, 3.05) is 11.4 Å². The van der Waals surface area contributed by atoms with Crippen molar-refractivity contribution in [2.24, 2.45) is 5.92 Å². The van der Waals surface area contributed by atoms with Crippen molar-refractivity contribution in [2.45, 2.75) is 50.7 Å². The van der Waals surface area contributed by atoms with Gasteiger partial charge in [0.15, 0.2) is 0 Å². The third-order valence-corrected chi connectivity index (χ3v) is 4.93. The Morgan fingerprint density at radius 3 is 2.56 bits per heavy atom. The average molecular weight is 354 g/mol. The molecule has 1 aliphatic heterocycles. The van der Waals surface area contributed by atoms with E-state index in [1.165, 1.54) is 23.5 Å². The van der Waals surface area contributed by atoms with E-state index in [2.05, 4.69) is 5.32 Å². The summed E-state index contributed by atoms with van der Waals surface area (Å²) in [5, 5.41) is 2.99. The minimum absolute atomic E-state index is 0.0365. The molecule has 2 amide bonds. The molecule has 3 rings (SSSR count). The zero-order chi connectivity index (χ0) is 18.0. The minimum atomic E-state index is -4.46. The molecule has 0 spiro atoms. The zero-order valence-electron chi connectivity index (χ0n) is 13.8. The smallest absolute Gasteiger partial charge is 0.353 e. The van der Waals surface area contributed by atoms with Crippen LogP contribution in [0.3, 0.4) is 0 Å². The third kappa shape index (κ3) is 4.14. The van der Waals surface area contributed by atoms with Crippen LogP contribution in [0.5, 0.6) is 0 Å². The van der Waals surface area contributed by atoms with E-state index in [1.54, 1.807) is 0 Å². The number of anilines is 1. The Bertz CT molecular complexity index is 654. The first kappa shape index (κ1) is 17.8. The largest absolute Gasteiger partial charge is 0.416 e. The van der Waals surface area contributed by atoms with Gasteiger partial charge in [0.05, 0.1) is 11.5 Å². The monoisotopic (exact) mass is 354 g/mol. The molecule has 7 heteroatoms. The molecule has 1 aliphatic carbocycles. The van der Waals surface area contributed by atoms with Gasteiger partial charge in [-0.2, -0.15) is 13.2 Å². The molecular formula is C18H21F3N2O2. The van der Waals surface area contributed by atoms with E-state index < -0.39 is 17.7 Å². The average Bonchev–Trinajstić information content (AvgIpc) is 2.97. The second-order valence-electron chi connectivity index (χ2n) is 6.80. The molecule has 1 aromatic rings. The Hall–Kier alpha value is -2.05. The van der Waals surface area contributed by atoms with E-state index in [-0.39, 0.29) is 36.5 Å². The fraction of sp³-hybridized carbons (Fsp3) is 0.556. The van der Waals surface area contributed by atoms with E-state index in [0.29, 0.717) is 0 Å². The van der Waals surface area contributed by atoms with Crippen LogP contribution in [0, 0.1) is 5.92 Å². The second kappa shape index (κ2) is 7.06. The molecule has 2 fully saturated rings. The molecule has 1 atom stereocenters. The number of nitrogens with zero attached hydrogens (tertiary/aromatic N) is 1. The number of halogens is 3. The van der Waals surface area contributed by atoms with Gasteiger partial charge in [-0.15, -0.1) is 0 Å². The number of carbonyl (C=O) groups is 2. The third-order valence-electron chi connectivity index (χ3n) is 4.93. The van der Waals surface area contributed by atoms with Crippen LogP contribution in [0.4, 0.5) is 18.9 Å². The van der Waals surface area contributed by atoms with E-state index in [9.17, 15) is 22.8 Å². The summed E-state index contributed by atoms with van der Waals surface area (Å²) in [5.74, 6) is -0.998. The van der Waals surface area contributed by atoms with Crippen LogP contribution in [0.25, 0.3) is 0 Å². The van der Waals surface area contributed by atoms with Gasteiger partial charge in [0, 0.05) is 24.7 Å². The predicted octanol–water partition coefficient (Wildman–Crippen LogP) is 3.51. The van der Waals surface area contributed by atoms with Crippen LogP contribution >= 0.6 is 0 Å². The maximum Gasteiger partial charge on any atom is 0.416 e. The van der Waals surface area contributed by atoms with Crippen LogP contribution in [0.1, 0.15) is 44.1 Å². The maximum absolute atomic E-state index is 12.8. The Morgan fingerprint density at radius 2 is 1.88 bits per heavy atom. The molecule has 136 valence electrons. The van der Waals surface area contributed by atoms with Crippen LogP contribution in [0.15, 0.2) is 24.3 Å². The SMILES string of the molecule is O=C(NC1CCCCC1)[C@H]1CC(=O)N(c2cccc(C(F)(F)F)c2)C1. The van der Waals surface area contributed by atoms with E-state index in [0.717, 1.165) is 37.8 Å². The van der Waals surface area contributed by atoms with Crippen molar-refractivity contribution in [3.63, 3.8) is 0 Å². The normalized spacial score (nSPS) is 22.3. The molecule has 1 heterocycles. The summed E-state index contributed by atoms with van der Waals surface area (Å²) in [5.41, 5.74) is -0.610. The minimum Gasteiger partial charge on any atom is -0.353 e. The first-order chi connectivity index (χ1) is 11.8. The molecule has 2 aliphatic rings. The molecule has 4 nitrogen and oxygen atoms in total. The number of alkyl halides is 3. The van der Waals surface area contributed by atoms with Crippen molar-refractivity contribution in [1.29, 1.82) is 0 Å². The Balaban J connectivity index is 1.67. The number of benzene rings is 1. The molecule has 0 radical (unpaired) electrons. The molecule has 0 unspecified atom stereocenters. The van der Waals surface area contributed by atoms with Gasteiger partial charge in [0.25, 0.3) is 0 Å². The van der Waals surface area contributed by atoms with Gasteiger partial charge in [-0.3, -0.25) is 9.59 Å². The summed E-state index contributed by atoms with van der Waals surface area (Å²) >= 11 is 0. The van der Waals surface area contributed by atoms with Crippen molar-refractivity contribution in [1.82, 2.24) is 5.32 Å². The van der Waals surface area contributed by atoms with Crippen molar-refractivity contribution < 1.29 is 22.8 Å². The zero-order valence-corrected chi connectivity index (χ0v) is 13.8. The number of carbonyl (C=O) groups excluding carboxylic acids is 2. The first-order valence-electron chi connectivity index (χ1n) is 8.62. The highest BCUT2D eigenvalue weighted by atomic mass is 19.4. The Morgan fingerprint density at radius 1 is 1.16 bits per heavy atom. The van der Waals surface area contributed by atoms with Crippen LogP contribution in [0.2, 0.25) is 0 Å². The molecule has 1 saturated heterocycles. The number of hydrogen-bond acceptors (Lipinski definition) is 2. The summed E-state index contributed by atoms with van der Waals surface area (Å²) in [6, 6.07) is 4.82. The number of amides is 2. The van der Waals surface area contributed by atoms with Gasteiger partial charge in [-0.1, -0.05) is 25.3 Å². The van der Waals surface area contributed by atoms with E-state index >= 15 is 0 Å². The maximum atomic E-state index is 12.8. The fourth-order valence-electron chi connectivity index (χ4n) is 3.55. The van der Waals surface area contributed by atoms with E-state index in [4.69, 9.17) is 0 Å². The van der Waals surface area contributed by atoms with Crippen molar-refractivity contribution >= 4 is 17.5 Å². The first-order valence-corrected chi connectivity index (χ1v) is 8.62. The molecule has 1 aromatic carbocycles. The second-order valence-corrected chi connectivity index (χ2v) is 6.80. The lowest BCUT2D eigenvalue weighted by molar-refractivity contribution is -0.137. The quantitative estimate of drug-likeness (QED) is 0.903. The highest BCUT2D eigenvalue weighted by Gasteiger charge is 2.37. The summed E-state index contributed by atoms with van der Waals surface area (Å²) in [7, 11) is 0. The van der Waals surface area contributed by atoms with Gasteiger partial charge >= 0.3 is 6.18 Å². The summed E-state index contributed by atoms with van der Waals surface area (Å²) < 4.78 is 38.5. The molecule has 25 heavy (non-hydrogen) atoms. The van der Waals surface area contributed by atoms with E-state index in [1.807, 2.05) is 0 Å². The molecule has 1 N–H and O–H groups in total. The molecule has 0 aromatic heterocycles. The number of nitrogens with one attached hydrogen (secondary N) is 1. The van der Waals surface area contributed by atoms with Crippen molar-refractivity contribution in [3.05, 3.63) is 29.8 Å². The molecule has 1 saturated carbocycles. The predicted molar refractivity (Wildman–Crippen MR) is 86.9 cm³/mol. The number of hydrogen-bond donors (Lipinski definition) is 1. The Kier molecular flexibility index (Phi) is 5.01. The Labute approximate surface area is 144 Å². The van der Waals surface area contributed by atoms with Gasteiger partial charge in [0.1, 0.15) is 0 Å². The van der Waals surface area contributed by atoms with Gasteiger partial charge in [0.2, 0.25) is 11.8 Å². The lowest BCUT2D eigenvalue weighted by atomic mass is 9.95. The topological polar surface area (TPSA) is 49.4 Å². The van der Waals surface area contributed by atoms with Gasteiger partial charge in [-0.25, -0.2) is 0 Å². The molecular weight excluding hydrogens is 333 g/mol. The van der Waals surface area contributed by atoms with Crippen LogP contribution < -0.4 is 10.2 Å². The van der Waals surface area contributed by atoms with Crippen LogP contribution in [-0.4, -0.2) is 24.4 Å². The summed E-state index contributed by atoms with van der Waals surface area (Å²) in [6.07, 6.45) is 0.826. The summed E-state index contributed by atoms with van der Waals surface area (Å²) in [4.78, 5) is 25.9. The standard InChI is InChI=1S/C18H21F3N2O2/c19-18(20,21)13-5-4-8-15(10-13)23-11-12(9-16(23)24)17(25)22-14-6-2-1-3-7-14/h4-5,8,10,12,14H,1-3,6-7,9,11H2,(H,22,25)/t12-/m0/s1. The summed E-state index contributed by atoms with van der Waals surface area (Å²) in [6.45, 7) is 0.124. The van der Waals surface area contributed by atoms with Crippen molar-refractivity contribution in [3.8, 4) is 0 Å². The highest BCUT2D eigenvalue weighted by molar-refractivity contribution is 6.00. The molecule has 0 bridgehead atoms. The van der Waals surface area contributed by atoms with Gasteiger partial charge < -0.3 is 10.2 Å². The van der Waals surface area contributed by atoms with Gasteiger partial charge in [-0.05, 0) is 31.0 Å². The lowest BCUT2D eigenvalue weighted by Crippen LogP contribution is -2.40. The fourth-order valence-corrected chi connectivity index (χ4v) is 3.55. The lowest BCUT2D eigenvalue weighted by Gasteiger charge is -2.24. The highest BCUT2D eigenvalue weighted by Crippen LogP contribution is 2.33. The van der Waals surface area contributed by atoms with Crippen LogP contribution in [-0.2, 0) is 15.8 Å².